The van der Waals surface area contributed by atoms with Crippen LogP contribution in [0.1, 0.15) is 23.5 Å². The number of rotatable bonds is 1. The van der Waals surface area contributed by atoms with Crippen LogP contribution in [-0.4, -0.2) is 36.1 Å². The van der Waals surface area contributed by atoms with E-state index in [0.717, 1.165) is 4.70 Å². The largest absolute Gasteiger partial charge is 0.397 e. The Balaban J connectivity index is 1.96. The lowest BCUT2D eigenvalue weighted by atomic mass is 10.2. The molecule has 2 unspecified atom stereocenters. The van der Waals surface area contributed by atoms with E-state index in [4.69, 9.17) is 10.5 Å². The number of nitrogen functional groups attached to an aromatic ring is 1. The fraction of sp³-hybridized carbons (Fsp3) is 0.400. The number of carbonyl (C=O) groups is 1. The summed E-state index contributed by atoms with van der Waals surface area (Å²) in [6, 6.07) is 4.42. The van der Waals surface area contributed by atoms with E-state index >= 15 is 0 Å². The standard InChI is InChI=1S/C15H17FN2O2S/c1-8-6-18(7-9(2)20-8)15(19)14-13(17)11-5-10(16)3-4-12(11)21-14/h3-5,8-9H,6-7,17H2,1-2H3. The Kier molecular flexibility index (Phi) is 3.59. The highest BCUT2D eigenvalue weighted by Gasteiger charge is 2.29. The molecule has 1 amide bonds. The molecule has 6 heteroatoms. The highest BCUT2D eigenvalue weighted by atomic mass is 32.1. The molecule has 0 radical (unpaired) electrons. The molecule has 1 aliphatic rings. The summed E-state index contributed by atoms with van der Waals surface area (Å²) in [5.41, 5.74) is 6.42. The number of thiophene rings is 1. The smallest absolute Gasteiger partial charge is 0.266 e. The maximum atomic E-state index is 13.3. The number of amides is 1. The third-order valence-electron chi connectivity index (χ3n) is 3.59. The minimum Gasteiger partial charge on any atom is -0.397 e. The van der Waals surface area contributed by atoms with Crippen molar-refractivity contribution in [1.29, 1.82) is 0 Å². The van der Waals surface area contributed by atoms with E-state index in [9.17, 15) is 9.18 Å². The molecule has 3 rings (SSSR count). The van der Waals surface area contributed by atoms with Crippen LogP contribution in [0.25, 0.3) is 10.1 Å². The monoisotopic (exact) mass is 308 g/mol. The first kappa shape index (κ1) is 14.3. The lowest BCUT2D eigenvalue weighted by Crippen LogP contribution is -2.48. The van der Waals surface area contributed by atoms with Gasteiger partial charge in [-0.05, 0) is 32.0 Å². The second kappa shape index (κ2) is 5.27. The summed E-state index contributed by atoms with van der Waals surface area (Å²) in [5.74, 6) is -0.448. The zero-order valence-electron chi connectivity index (χ0n) is 11.9. The fourth-order valence-electron chi connectivity index (χ4n) is 2.74. The number of carbonyl (C=O) groups excluding carboxylic acids is 1. The van der Waals surface area contributed by atoms with E-state index in [-0.39, 0.29) is 23.9 Å². The van der Waals surface area contributed by atoms with E-state index < -0.39 is 0 Å². The molecule has 1 saturated heterocycles. The van der Waals surface area contributed by atoms with Gasteiger partial charge in [-0.25, -0.2) is 4.39 Å². The van der Waals surface area contributed by atoms with Crippen molar-refractivity contribution >= 4 is 33.0 Å². The number of morpholine rings is 1. The zero-order valence-corrected chi connectivity index (χ0v) is 12.7. The van der Waals surface area contributed by atoms with Crippen LogP contribution in [0, 0.1) is 5.82 Å². The summed E-state index contributed by atoms with van der Waals surface area (Å²) < 4.78 is 19.8. The molecule has 0 aliphatic carbocycles. The Morgan fingerprint density at radius 2 is 2.05 bits per heavy atom. The van der Waals surface area contributed by atoms with Gasteiger partial charge >= 0.3 is 0 Å². The summed E-state index contributed by atoms with van der Waals surface area (Å²) in [4.78, 5) is 14.9. The predicted molar refractivity (Wildman–Crippen MR) is 82.1 cm³/mol. The van der Waals surface area contributed by atoms with Crippen LogP contribution in [0.5, 0.6) is 0 Å². The van der Waals surface area contributed by atoms with Crippen LogP contribution in [0.3, 0.4) is 0 Å². The molecule has 2 aromatic rings. The molecule has 112 valence electrons. The maximum absolute atomic E-state index is 13.3. The molecule has 2 N–H and O–H groups in total. The second-order valence-electron chi connectivity index (χ2n) is 5.45. The third-order valence-corrected chi connectivity index (χ3v) is 4.76. The first-order chi connectivity index (χ1) is 9.95. The van der Waals surface area contributed by atoms with Crippen molar-refractivity contribution in [1.82, 2.24) is 4.90 Å². The van der Waals surface area contributed by atoms with Crippen LogP contribution in [0.2, 0.25) is 0 Å². The Hall–Kier alpha value is -1.66. The summed E-state index contributed by atoms with van der Waals surface area (Å²) in [5, 5.41) is 0.609. The second-order valence-corrected chi connectivity index (χ2v) is 6.50. The summed E-state index contributed by atoms with van der Waals surface area (Å²) in [7, 11) is 0. The fourth-order valence-corrected chi connectivity index (χ4v) is 3.81. The lowest BCUT2D eigenvalue weighted by molar-refractivity contribution is -0.0584. The average molecular weight is 308 g/mol. The van der Waals surface area contributed by atoms with Crippen molar-refractivity contribution < 1.29 is 13.9 Å². The molecule has 0 saturated carbocycles. The molecule has 4 nitrogen and oxygen atoms in total. The van der Waals surface area contributed by atoms with E-state index in [1.165, 1.54) is 23.5 Å². The van der Waals surface area contributed by atoms with E-state index in [1.54, 1.807) is 11.0 Å². The van der Waals surface area contributed by atoms with Crippen LogP contribution in [0.4, 0.5) is 10.1 Å². The van der Waals surface area contributed by atoms with Gasteiger partial charge in [0.25, 0.3) is 5.91 Å². The first-order valence-corrected chi connectivity index (χ1v) is 7.69. The molecule has 2 heterocycles. The van der Waals surface area contributed by atoms with Crippen molar-refractivity contribution in [3.8, 4) is 0 Å². The van der Waals surface area contributed by atoms with Gasteiger partial charge in [-0.1, -0.05) is 0 Å². The maximum Gasteiger partial charge on any atom is 0.266 e. The van der Waals surface area contributed by atoms with E-state index in [1.807, 2.05) is 13.8 Å². The van der Waals surface area contributed by atoms with Crippen molar-refractivity contribution in [2.24, 2.45) is 0 Å². The first-order valence-electron chi connectivity index (χ1n) is 6.88. The van der Waals surface area contributed by atoms with Crippen LogP contribution >= 0.6 is 11.3 Å². The van der Waals surface area contributed by atoms with Crippen molar-refractivity contribution in [2.75, 3.05) is 18.8 Å². The van der Waals surface area contributed by atoms with E-state index in [2.05, 4.69) is 0 Å². The number of nitrogens with zero attached hydrogens (tertiary/aromatic N) is 1. The van der Waals surface area contributed by atoms with Gasteiger partial charge in [-0.15, -0.1) is 11.3 Å². The molecular weight excluding hydrogens is 291 g/mol. The normalized spacial score (nSPS) is 22.7. The Labute approximate surface area is 126 Å². The predicted octanol–water partition coefficient (Wildman–Crippen LogP) is 2.87. The molecule has 0 spiro atoms. The summed E-state index contributed by atoms with van der Waals surface area (Å²) in [6.45, 7) is 4.98. The highest BCUT2D eigenvalue weighted by Crippen LogP contribution is 2.35. The minimum atomic E-state index is -0.348. The Morgan fingerprint density at radius 3 is 2.71 bits per heavy atom. The molecule has 21 heavy (non-hydrogen) atoms. The molecular formula is C15H17FN2O2S. The number of hydrogen-bond acceptors (Lipinski definition) is 4. The van der Waals surface area contributed by atoms with Crippen molar-refractivity contribution in [2.45, 2.75) is 26.1 Å². The van der Waals surface area contributed by atoms with Gasteiger partial charge < -0.3 is 15.4 Å². The molecule has 1 aromatic heterocycles. The van der Waals surface area contributed by atoms with E-state index in [0.29, 0.717) is 29.0 Å². The quantitative estimate of drug-likeness (QED) is 0.881. The van der Waals surface area contributed by atoms with Crippen LogP contribution in [-0.2, 0) is 4.74 Å². The highest BCUT2D eigenvalue weighted by molar-refractivity contribution is 7.21. The van der Waals surface area contributed by atoms with Gasteiger partial charge in [-0.3, -0.25) is 4.79 Å². The minimum absolute atomic E-state index is 0.00532. The van der Waals surface area contributed by atoms with Crippen LogP contribution in [0.15, 0.2) is 18.2 Å². The number of ether oxygens (including phenoxy) is 1. The molecule has 1 aliphatic heterocycles. The number of hydrogen-bond donors (Lipinski definition) is 1. The molecule has 0 bridgehead atoms. The molecule has 2 atom stereocenters. The third kappa shape index (κ3) is 2.61. The van der Waals surface area contributed by atoms with Gasteiger partial charge in [0, 0.05) is 23.2 Å². The van der Waals surface area contributed by atoms with Gasteiger partial charge in [-0.2, -0.15) is 0 Å². The number of fused-ring (bicyclic) bond motifs is 1. The number of benzene rings is 1. The SMILES string of the molecule is CC1CN(C(=O)c2sc3ccc(F)cc3c2N)CC(C)O1. The van der Waals surface area contributed by atoms with Gasteiger partial charge in [0.2, 0.25) is 0 Å². The topological polar surface area (TPSA) is 55.6 Å². The molecule has 1 fully saturated rings. The zero-order chi connectivity index (χ0) is 15.1. The lowest BCUT2D eigenvalue weighted by Gasteiger charge is -2.35. The summed E-state index contributed by atoms with van der Waals surface area (Å²) >= 11 is 1.31. The van der Waals surface area contributed by atoms with Gasteiger partial charge in [0.1, 0.15) is 10.7 Å². The van der Waals surface area contributed by atoms with Gasteiger partial charge in [0.15, 0.2) is 0 Å². The number of nitrogens with two attached hydrogens (primary N) is 1. The van der Waals surface area contributed by atoms with Gasteiger partial charge in [0.05, 0.1) is 17.9 Å². The molecule has 1 aromatic carbocycles. The van der Waals surface area contributed by atoms with Crippen molar-refractivity contribution in [3.63, 3.8) is 0 Å². The number of anilines is 1. The average Bonchev–Trinajstić information content (AvgIpc) is 2.74. The Morgan fingerprint density at radius 1 is 1.38 bits per heavy atom. The summed E-state index contributed by atoms with van der Waals surface area (Å²) in [6.07, 6.45) is 0.0106. The number of halogens is 1. The van der Waals surface area contributed by atoms with Crippen LogP contribution < -0.4 is 5.73 Å². The van der Waals surface area contributed by atoms with Crippen molar-refractivity contribution in [3.05, 3.63) is 28.9 Å². The Bertz CT molecular complexity index is 690.